The van der Waals surface area contributed by atoms with Crippen molar-refractivity contribution in [1.29, 1.82) is 0 Å². The van der Waals surface area contributed by atoms with Crippen LogP contribution in [0.15, 0.2) is 12.2 Å². The minimum absolute atomic E-state index is 0. The minimum Gasteiger partial charge on any atom is -0.550 e. The second-order valence-corrected chi connectivity index (χ2v) is 5.71. The summed E-state index contributed by atoms with van der Waals surface area (Å²) in [6.07, 6.45) is 20.9. The first-order chi connectivity index (χ1) is 9.77. The molecule has 0 saturated carbocycles. The third-order valence-electron chi connectivity index (χ3n) is 3.64. The van der Waals surface area contributed by atoms with Gasteiger partial charge < -0.3 is 9.90 Å². The summed E-state index contributed by atoms with van der Waals surface area (Å²) in [7, 11) is 0. The zero-order valence-corrected chi connectivity index (χ0v) is 16.4. The number of hydrogen-bond donors (Lipinski definition) is 0. The third kappa shape index (κ3) is 22.6. The molecule has 0 unspecified atom stereocenters. The number of carboxylic acid groups (broad SMARTS) is 1. The zero-order valence-electron chi connectivity index (χ0n) is 14.4. The predicted molar refractivity (Wildman–Crippen MR) is 84.5 cm³/mol. The standard InChI is InChI=1S/C18H34O2.Na/c1-2-3-4-5-6-7-8-9-10-11-12-13-14-15-16-17-18(19)20;/h9-10H,2-8,11-17H2,1H3,(H,19,20);/q;+1/p-1/b10-9+;/i1+1,3+1,5+1,7+1,9+1,11+1,13+1,15+1,17+1;. The van der Waals surface area contributed by atoms with Gasteiger partial charge in [0.2, 0.25) is 0 Å². The number of carboxylic acids is 1. The van der Waals surface area contributed by atoms with Gasteiger partial charge in [0.05, 0.1) is 0 Å². The summed E-state index contributed by atoms with van der Waals surface area (Å²) >= 11 is 0. The number of rotatable bonds is 15. The fourth-order valence-electron chi connectivity index (χ4n) is 2.34. The van der Waals surface area contributed by atoms with Gasteiger partial charge in [0.15, 0.2) is 0 Å². The van der Waals surface area contributed by atoms with Gasteiger partial charge in [-0.05, 0) is 38.5 Å². The van der Waals surface area contributed by atoms with Crippen molar-refractivity contribution in [2.75, 3.05) is 0 Å². The molecule has 0 bridgehead atoms. The van der Waals surface area contributed by atoms with E-state index in [0.29, 0.717) is 0 Å². The van der Waals surface area contributed by atoms with E-state index in [0.717, 1.165) is 19.3 Å². The first kappa shape index (κ1) is 23.5. The van der Waals surface area contributed by atoms with Crippen LogP contribution in [0.3, 0.4) is 0 Å². The predicted octanol–water partition coefficient (Wildman–Crippen LogP) is 1.78. The number of carbonyl (C=O) groups excluding carboxylic acids is 1. The van der Waals surface area contributed by atoms with E-state index in [-0.39, 0.29) is 36.0 Å². The first-order valence-electron chi connectivity index (χ1n) is 8.62. The van der Waals surface area contributed by atoms with Crippen LogP contribution in [0.1, 0.15) is 96.8 Å². The normalized spacial score (nSPS) is 10.7. The molecule has 0 atom stereocenters. The van der Waals surface area contributed by atoms with Crippen LogP contribution in [-0.2, 0) is 4.79 Å². The maximum absolute atomic E-state index is 10.2. The largest absolute Gasteiger partial charge is 1.00 e. The maximum atomic E-state index is 10.2. The Morgan fingerprint density at radius 1 is 0.762 bits per heavy atom. The van der Waals surface area contributed by atoms with Gasteiger partial charge in [-0.3, -0.25) is 0 Å². The molecule has 0 aliphatic heterocycles. The van der Waals surface area contributed by atoms with E-state index in [4.69, 9.17) is 0 Å². The van der Waals surface area contributed by atoms with E-state index in [1.165, 1.54) is 64.2 Å². The molecule has 0 heterocycles. The van der Waals surface area contributed by atoms with Gasteiger partial charge in [-0.2, -0.15) is 0 Å². The van der Waals surface area contributed by atoms with Gasteiger partial charge >= 0.3 is 29.6 Å². The van der Waals surface area contributed by atoms with Crippen LogP contribution in [0.2, 0.25) is 0 Å². The Hall–Kier alpha value is 0.210. The Bertz CT molecular complexity index is 239. The monoisotopic (exact) mass is 313 g/mol. The average Bonchev–Trinajstić information content (AvgIpc) is 2.43. The smallest absolute Gasteiger partial charge is 0.550 e. The summed E-state index contributed by atoms with van der Waals surface area (Å²) in [6.45, 7) is 2.26. The molecule has 0 aromatic rings. The molecule has 0 amide bonds. The number of allylic oxidation sites excluding steroid dienone is 2. The summed E-state index contributed by atoms with van der Waals surface area (Å²) in [6, 6.07) is 0. The molecule has 0 radical (unpaired) electrons. The molecule has 0 spiro atoms. The van der Waals surface area contributed by atoms with Crippen molar-refractivity contribution in [2.45, 2.75) is 96.8 Å². The summed E-state index contributed by atoms with van der Waals surface area (Å²) in [5.41, 5.74) is 0. The average molecular weight is 313 g/mol. The van der Waals surface area contributed by atoms with E-state index in [9.17, 15) is 9.90 Å². The molecule has 3 heteroatoms. The van der Waals surface area contributed by atoms with Crippen LogP contribution in [-0.4, -0.2) is 5.97 Å². The van der Waals surface area contributed by atoms with Gasteiger partial charge in [0.25, 0.3) is 0 Å². The maximum Gasteiger partial charge on any atom is 1.00 e. The molecule has 0 aromatic carbocycles. The Morgan fingerprint density at radius 2 is 1.19 bits per heavy atom. The van der Waals surface area contributed by atoms with Crippen molar-refractivity contribution >= 4 is 5.97 Å². The SMILES string of the molecule is [13CH3]C[13CH2]C[13CH2]C[13CH2]C/[13CH]=C/[13CH2]C[13CH2]C[13CH2]C[13CH2]C(=O)[O-].[Na+]. The van der Waals surface area contributed by atoms with E-state index in [1.807, 2.05) is 0 Å². The van der Waals surface area contributed by atoms with E-state index < -0.39 is 5.97 Å². The first-order valence-corrected chi connectivity index (χ1v) is 8.62. The van der Waals surface area contributed by atoms with Gasteiger partial charge in [-0.25, -0.2) is 0 Å². The van der Waals surface area contributed by atoms with Crippen LogP contribution in [0.4, 0.5) is 0 Å². The second-order valence-electron chi connectivity index (χ2n) is 5.71. The third-order valence-corrected chi connectivity index (χ3v) is 3.64. The van der Waals surface area contributed by atoms with Crippen molar-refractivity contribution in [3.63, 3.8) is 0 Å². The molecule has 0 aliphatic carbocycles. The van der Waals surface area contributed by atoms with Crippen molar-refractivity contribution in [2.24, 2.45) is 0 Å². The molecule has 118 valence electrons. The van der Waals surface area contributed by atoms with Crippen LogP contribution < -0.4 is 34.7 Å². The minimum atomic E-state index is -0.914. The molecule has 0 fully saturated rings. The topological polar surface area (TPSA) is 40.1 Å². The summed E-state index contributed by atoms with van der Waals surface area (Å²) < 4.78 is 0. The van der Waals surface area contributed by atoms with Gasteiger partial charge in [0, 0.05) is 5.97 Å². The van der Waals surface area contributed by atoms with Crippen molar-refractivity contribution < 1.29 is 39.5 Å². The number of unbranched alkanes of at least 4 members (excludes halogenated alkanes) is 11. The molecular weight excluding hydrogens is 280 g/mol. The molecule has 0 rings (SSSR count). The fraction of sp³-hybridized carbons (Fsp3) is 0.833. The molecular formula is C18H33NaO2. The van der Waals surface area contributed by atoms with Crippen molar-refractivity contribution in [3.8, 4) is 0 Å². The quantitative estimate of drug-likeness (QED) is 0.200. The van der Waals surface area contributed by atoms with Gasteiger partial charge in [0.1, 0.15) is 0 Å². The van der Waals surface area contributed by atoms with E-state index in [1.54, 1.807) is 0 Å². The Kier molecular flexibility index (Phi) is 22.6. The number of carbonyl (C=O) groups is 1. The molecule has 2 nitrogen and oxygen atoms in total. The molecule has 0 saturated heterocycles. The number of hydrogen-bond acceptors (Lipinski definition) is 2. The zero-order chi connectivity index (χ0) is 14.9. The molecule has 0 aromatic heterocycles. The molecule has 0 N–H and O–H groups in total. The van der Waals surface area contributed by atoms with E-state index >= 15 is 0 Å². The Labute approximate surface area is 154 Å². The van der Waals surface area contributed by atoms with Gasteiger partial charge in [-0.1, -0.05) is 70.4 Å². The molecule has 0 aliphatic rings. The number of aliphatic carboxylic acids is 1. The van der Waals surface area contributed by atoms with Crippen molar-refractivity contribution in [1.82, 2.24) is 0 Å². The Balaban J connectivity index is 0. The molecule has 21 heavy (non-hydrogen) atoms. The summed E-state index contributed by atoms with van der Waals surface area (Å²) in [5.74, 6) is -0.914. The summed E-state index contributed by atoms with van der Waals surface area (Å²) in [4.78, 5) is 10.2. The van der Waals surface area contributed by atoms with Gasteiger partial charge in [-0.15, -0.1) is 0 Å². The van der Waals surface area contributed by atoms with Crippen LogP contribution in [0.25, 0.3) is 0 Å². The fourth-order valence-corrected chi connectivity index (χ4v) is 2.34. The van der Waals surface area contributed by atoms with Crippen molar-refractivity contribution in [3.05, 3.63) is 12.2 Å². The van der Waals surface area contributed by atoms with E-state index in [2.05, 4.69) is 19.1 Å². The Morgan fingerprint density at radius 3 is 1.67 bits per heavy atom. The van der Waals surface area contributed by atoms with Crippen LogP contribution >= 0.6 is 0 Å². The van der Waals surface area contributed by atoms with Crippen LogP contribution in [0, 0.1) is 0 Å². The summed E-state index contributed by atoms with van der Waals surface area (Å²) in [5, 5.41) is 10.2. The second kappa shape index (κ2) is 20.2. The van der Waals surface area contributed by atoms with Crippen LogP contribution in [0.5, 0.6) is 0 Å².